The van der Waals surface area contributed by atoms with Crippen LogP contribution in [0.5, 0.6) is 0 Å². The van der Waals surface area contributed by atoms with E-state index < -0.39 is 0 Å². The van der Waals surface area contributed by atoms with Gasteiger partial charge in [0.25, 0.3) is 0 Å². The van der Waals surface area contributed by atoms with Crippen LogP contribution in [-0.2, 0) is 6.54 Å². The molecule has 28 heavy (non-hydrogen) atoms. The number of benzene rings is 3. The lowest BCUT2D eigenvalue weighted by atomic mass is 10.1. The van der Waals surface area contributed by atoms with Gasteiger partial charge in [0.05, 0.1) is 6.54 Å². The number of fused-ring (bicyclic) bond motifs is 1. The molecule has 0 N–H and O–H groups in total. The van der Waals surface area contributed by atoms with E-state index in [-0.39, 0.29) is 0 Å². The summed E-state index contributed by atoms with van der Waals surface area (Å²) in [6.07, 6.45) is 1.63. The molecule has 0 radical (unpaired) electrons. The second-order valence-electron chi connectivity index (χ2n) is 6.63. The van der Waals surface area contributed by atoms with Crippen molar-refractivity contribution in [1.82, 2.24) is 19.5 Å². The monoisotopic (exact) mass is 362 g/mol. The predicted octanol–water partition coefficient (Wildman–Crippen LogP) is 5.21. The van der Waals surface area contributed by atoms with Crippen molar-refractivity contribution in [1.29, 1.82) is 0 Å². The fourth-order valence-electron chi connectivity index (χ4n) is 3.47. The van der Waals surface area contributed by atoms with Gasteiger partial charge in [-0.15, -0.1) is 0 Å². The molecule has 3 aromatic carbocycles. The summed E-state index contributed by atoms with van der Waals surface area (Å²) in [4.78, 5) is 14.1. The van der Waals surface area contributed by atoms with E-state index in [0.717, 1.165) is 33.8 Å². The number of rotatable bonds is 4. The summed E-state index contributed by atoms with van der Waals surface area (Å²) in [5.41, 5.74) is 5.84. The number of hydrogen-bond acceptors (Lipinski definition) is 3. The van der Waals surface area contributed by atoms with Crippen molar-refractivity contribution in [3.05, 3.63) is 103 Å². The van der Waals surface area contributed by atoms with Gasteiger partial charge in [-0.2, -0.15) is 0 Å². The van der Waals surface area contributed by atoms with Crippen LogP contribution >= 0.6 is 0 Å². The van der Waals surface area contributed by atoms with Crippen LogP contribution < -0.4 is 0 Å². The molecular formula is C24H18N4. The van der Waals surface area contributed by atoms with E-state index in [9.17, 15) is 0 Å². The lowest BCUT2D eigenvalue weighted by molar-refractivity contribution is 0.823. The van der Waals surface area contributed by atoms with Gasteiger partial charge < -0.3 is 4.57 Å². The van der Waals surface area contributed by atoms with Gasteiger partial charge in [0.15, 0.2) is 5.65 Å². The largest absolute Gasteiger partial charge is 0.304 e. The molecule has 0 amide bonds. The summed E-state index contributed by atoms with van der Waals surface area (Å²) in [7, 11) is 0. The van der Waals surface area contributed by atoms with Gasteiger partial charge in [-0.1, -0.05) is 91.0 Å². The fraction of sp³-hybridized carbons (Fsp3) is 0.0417. The molecule has 2 heterocycles. The van der Waals surface area contributed by atoms with E-state index in [1.54, 1.807) is 6.33 Å². The summed E-state index contributed by atoms with van der Waals surface area (Å²) in [6, 6.07) is 30.8. The molecule has 0 saturated carbocycles. The fourth-order valence-corrected chi connectivity index (χ4v) is 3.47. The number of nitrogens with zero attached hydrogens (tertiary/aromatic N) is 4. The molecule has 134 valence electrons. The Morgan fingerprint density at radius 3 is 1.93 bits per heavy atom. The second-order valence-corrected chi connectivity index (χ2v) is 6.63. The predicted molar refractivity (Wildman–Crippen MR) is 112 cm³/mol. The highest BCUT2D eigenvalue weighted by molar-refractivity contribution is 5.89. The first-order chi connectivity index (χ1) is 13.9. The number of aromatic nitrogens is 4. The van der Waals surface area contributed by atoms with Crippen molar-refractivity contribution in [2.45, 2.75) is 6.54 Å². The van der Waals surface area contributed by atoms with Crippen molar-refractivity contribution in [3.8, 4) is 22.6 Å². The second kappa shape index (κ2) is 7.08. The average molecular weight is 362 g/mol. The first kappa shape index (κ1) is 16.4. The standard InChI is InChI=1S/C24H18N4/c1-4-10-18(11-5-1)16-28-23(20-14-8-3-9-15-20)27-22-21(25-17-26-24(22)28)19-12-6-2-7-13-19/h1-15,17H,16H2. The van der Waals surface area contributed by atoms with Gasteiger partial charge in [0, 0.05) is 11.1 Å². The first-order valence-electron chi connectivity index (χ1n) is 9.26. The van der Waals surface area contributed by atoms with Crippen molar-refractivity contribution in [2.24, 2.45) is 0 Å². The number of hydrogen-bond donors (Lipinski definition) is 0. The third kappa shape index (κ3) is 2.95. The Morgan fingerprint density at radius 1 is 0.643 bits per heavy atom. The molecule has 0 saturated heterocycles. The molecule has 5 rings (SSSR count). The first-order valence-corrected chi connectivity index (χ1v) is 9.26. The quantitative estimate of drug-likeness (QED) is 0.441. The zero-order chi connectivity index (χ0) is 18.8. The summed E-state index contributed by atoms with van der Waals surface area (Å²) in [5.74, 6) is 0.900. The third-order valence-corrected chi connectivity index (χ3v) is 4.79. The van der Waals surface area contributed by atoms with Crippen molar-refractivity contribution in [3.63, 3.8) is 0 Å². The molecule has 5 aromatic rings. The lowest BCUT2D eigenvalue weighted by Gasteiger charge is -2.09. The Balaban J connectivity index is 1.76. The average Bonchev–Trinajstić information content (AvgIpc) is 3.14. The maximum Gasteiger partial charge on any atom is 0.164 e. The molecule has 0 fully saturated rings. The van der Waals surface area contributed by atoms with E-state index in [2.05, 4.69) is 63.1 Å². The molecule has 0 atom stereocenters. The molecule has 0 unspecified atom stereocenters. The van der Waals surface area contributed by atoms with Gasteiger partial charge in [-0.05, 0) is 5.56 Å². The highest BCUT2D eigenvalue weighted by Crippen LogP contribution is 2.30. The number of imidazole rings is 1. The third-order valence-electron chi connectivity index (χ3n) is 4.79. The topological polar surface area (TPSA) is 43.6 Å². The van der Waals surface area contributed by atoms with Crippen LogP contribution in [0.2, 0.25) is 0 Å². The Labute approximate surface area is 163 Å². The highest BCUT2D eigenvalue weighted by atomic mass is 15.1. The summed E-state index contributed by atoms with van der Waals surface area (Å²) in [6.45, 7) is 0.701. The molecule has 0 aliphatic heterocycles. The molecule has 0 aliphatic rings. The highest BCUT2D eigenvalue weighted by Gasteiger charge is 2.18. The molecule has 0 bridgehead atoms. The molecular weight excluding hydrogens is 344 g/mol. The summed E-state index contributed by atoms with van der Waals surface area (Å²) < 4.78 is 2.17. The van der Waals surface area contributed by atoms with Gasteiger partial charge in [0.1, 0.15) is 23.4 Å². The molecule has 0 aliphatic carbocycles. The van der Waals surface area contributed by atoms with Crippen LogP contribution in [0, 0.1) is 0 Å². The Morgan fingerprint density at radius 2 is 1.25 bits per heavy atom. The Hall–Kier alpha value is -3.79. The van der Waals surface area contributed by atoms with Crippen LogP contribution in [-0.4, -0.2) is 19.5 Å². The van der Waals surface area contributed by atoms with Gasteiger partial charge >= 0.3 is 0 Å². The van der Waals surface area contributed by atoms with E-state index in [1.165, 1.54) is 5.56 Å². The SMILES string of the molecule is c1ccc(Cn2c(-c3ccccc3)nc3c(-c4ccccc4)ncnc32)cc1. The zero-order valence-corrected chi connectivity index (χ0v) is 15.2. The van der Waals surface area contributed by atoms with Crippen molar-refractivity contribution in [2.75, 3.05) is 0 Å². The van der Waals surface area contributed by atoms with Gasteiger partial charge in [-0.3, -0.25) is 0 Å². The minimum atomic E-state index is 0.701. The van der Waals surface area contributed by atoms with Crippen LogP contribution in [0.1, 0.15) is 5.56 Å². The van der Waals surface area contributed by atoms with Crippen LogP contribution in [0.4, 0.5) is 0 Å². The van der Waals surface area contributed by atoms with E-state index in [1.807, 2.05) is 42.5 Å². The minimum Gasteiger partial charge on any atom is -0.304 e. The normalized spacial score (nSPS) is 11.0. The van der Waals surface area contributed by atoms with E-state index >= 15 is 0 Å². The Bertz CT molecular complexity index is 1210. The van der Waals surface area contributed by atoms with Crippen molar-refractivity contribution >= 4 is 11.2 Å². The van der Waals surface area contributed by atoms with Crippen LogP contribution in [0.15, 0.2) is 97.3 Å². The maximum absolute atomic E-state index is 4.99. The lowest BCUT2D eigenvalue weighted by Crippen LogP contribution is -2.03. The molecule has 2 aromatic heterocycles. The molecule has 4 nitrogen and oxygen atoms in total. The molecule has 4 heteroatoms. The molecule has 0 spiro atoms. The zero-order valence-electron chi connectivity index (χ0n) is 15.2. The van der Waals surface area contributed by atoms with E-state index in [0.29, 0.717) is 6.54 Å². The minimum absolute atomic E-state index is 0.701. The van der Waals surface area contributed by atoms with Crippen molar-refractivity contribution < 1.29 is 0 Å². The smallest absolute Gasteiger partial charge is 0.164 e. The van der Waals surface area contributed by atoms with Gasteiger partial charge in [-0.25, -0.2) is 15.0 Å². The Kier molecular flexibility index (Phi) is 4.14. The van der Waals surface area contributed by atoms with Crippen LogP contribution in [0.3, 0.4) is 0 Å². The van der Waals surface area contributed by atoms with Gasteiger partial charge in [0.2, 0.25) is 0 Å². The maximum atomic E-state index is 4.99. The van der Waals surface area contributed by atoms with Crippen LogP contribution in [0.25, 0.3) is 33.8 Å². The summed E-state index contributed by atoms with van der Waals surface area (Å²) in [5, 5.41) is 0. The van der Waals surface area contributed by atoms with E-state index in [4.69, 9.17) is 4.98 Å². The summed E-state index contributed by atoms with van der Waals surface area (Å²) >= 11 is 0.